The lowest BCUT2D eigenvalue weighted by Crippen LogP contribution is -2.43. The van der Waals surface area contributed by atoms with Crippen molar-refractivity contribution in [2.24, 2.45) is 5.92 Å². The first kappa shape index (κ1) is 22.8. The molecule has 0 saturated carbocycles. The minimum Gasteiger partial charge on any atom is -0.338 e. The molecule has 0 aliphatic carbocycles. The van der Waals surface area contributed by atoms with Crippen LogP contribution >= 0.6 is 0 Å². The first-order valence-electron chi connectivity index (χ1n) is 11.7. The summed E-state index contributed by atoms with van der Waals surface area (Å²) >= 11 is 0. The Morgan fingerprint density at radius 3 is 2.09 bits per heavy atom. The van der Waals surface area contributed by atoms with Crippen LogP contribution in [0.4, 0.5) is 16.2 Å². The van der Waals surface area contributed by atoms with Crippen LogP contribution in [0.25, 0.3) is 0 Å². The molecule has 174 valence electrons. The van der Waals surface area contributed by atoms with Crippen molar-refractivity contribution in [3.8, 4) is 0 Å². The van der Waals surface area contributed by atoms with Gasteiger partial charge in [0.1, 0.15) is 0 Å². The summed E-state index contributed by atoms with van der Waals surface area (Å²) in [5, 5.41) is 5.91. The summed E-state index contributed by atoms with van der Waals surface area (Å²) in [6.07, 6.45) is 3.54. The van der Waals surface area contributed by atoms with Crippen LogP contribution in [0.1, 0.15) is 47.2 Å². The molecule has 2 saturated heterocycles. The molecule has 2 heterocycles. The van der Waals surface area contributed by atoms with Crippen molar-refractivity contribution in [3.05, 3.63) is 59.2 Å². The van der Waals surface area contributed by atoms with Gasteiger partial charge in [0.2, 0.25) is 5.91 Å². The number of hydrogen-bond donors (Lipinski definition) is 2. The second kappa shape index (κ2) is 10.1. The van der Waals surface area contributed by atoms with Gasteiger partial charge in [0.05, 0.1) is 17.3 Å². The molecular formula is C26H32N4O3. The SMILES string of the molecule is Cc1cc(C)cc(C(=O)N2CCCC(C(=O)Nc3ccccc3NC(=O)N3CCCC3)C2)c1. The van der Waals surface area contributed by atoms with Crippen molar-refractivity contribution in [2.45, 2.75) is 39.5 Å². The van der Waals surface area contributed by atoms with Crippen LogP contribution in [0.15, 0.2) is 42.5 Å². The molecular weight excluding hydrogens is 416 g/mol. The fourth-order valence-corrected chi connectivity index (χ4v) is 4.71. The summed E-state index contributed by atoms with van der Waals surface area (Å²) < 4.78 is 0. The van der Waals surface area contributed by atoms with Gasteiger partial charge in [0.15, 0.2) is 0 Å². The number of anilines is 2. The molecule has 2 aliphatic heterocycles. The molecule has 33 heavy (non-hydrogen) atoms. The maximum Gasteiger partial charge on any atom is 0.321 e. The number of aryl methyl sites for hydroxylation is 2. The number of piperidine rings is 1. The third-order valence-corrected chi connectivity index (χ3v) is 6.37. The molecule has 1 unspecified atom stereocenters. The van der Waals surface area contributed by atoms with Crippen molar-refractivity contribution < 1.29 is 14.4 Å². The Kier molecular flexibility index (Phi) is 6.96. The Labute approximate surface area is 195 Å². The van der Waals surface area contributed by atoms with Crippen LogP contribution in [-0.2, 0) is 4.79 Å². The summed E-state index contributed by atoms with van der Waals surface area (Å²) in [5.74, 6) is -0.454. The topological polar surface area (TPSA) is 81.8 Å². The van der Waals surface area contributed by atoms with Crippen LogP contribution in [0.3, 0.4) is 0 Å². The van der Waals surface area contributed by atoms with Gasteiger partial charge >= 0.3 is 6.03 Å². The zero-order chi connectivity index (χ0) is 23.4. The highest BCUT2D eigenvalue weighted by Gasteiger charge is 2.29. The van der Waals surface area contributed by atoms with Gasteiger partial charge in [-0.15, -0.1) is 0 Å². The Bertz CT molecular complexity index is 1030. The fourth-order valence-electron chi connectivity index (χ4n) is 4.71. The van der Waals surface area contributed by atoms with Gasteiger partial charge in [-0.25, -0.2) is 4.79 Å². The lowest BCUT2D eigenvalue weighted by atomic mass is 9.96. The highest BCUT2D eigenvalue weighted by molar-refractivity contribution is 6.00. The van der Waals surface area contributed by atoms with Crippen LogP contribution in [0.2, 0.25) is 0 Å². The second-order valence-corrected chi connectivity index (χ2v) is 9.13. The van der Waals surface area contributed by atoms with Crippen molar-refractivity contribution in [1.29, 1.82) is 0 Å². The van der Waals surface area contributed by atoms with Gasteiger partial charge in [0.25, 0.3) is 5.91 Å². The summed E-state index contributed by atoms with van der Waals surface area (Å²) in [6.45, 7) is 6.52. The molecule has 1 atom stereocenters. The molecule has 2 aliphatic rings. The van der Waals surface area contributed by atoms with Gasteiger partial charge in [-0.3, -0.25) is 9.59 Å². The van der Waals surface area contributed by atoms with E-state index in [1.54, 1.807) is 21.9 Å². The van der Waals surface area contributed by atoms with Crippen LogP contribution < -0.4 is 10.6 Å². The highest BCUT2D eigenvalue weighted by Crippen LogP contribution is 2.25. The molecule has 7 nitrogen and oxygen atoms in total. The van der Waals surface area contributed by atoms with Crippen molar-refractivity contribution in [3.63, 3.8) is 0 Å². The quantitative estimate of drug-likeness (QED) is 0.726. The fraction of sp³-hybridized carbons (Fsp3) is 0.423. The molecule has 4 rings (SSSR count). The standard InChI is InChI=1S/C26H32N4O3/c1-18-14-19(2)16-21(15-18)25(32)30-13-7-8-20(17-30)24(31)27-22-9-3-4-10-23(22)28-26(33)29-11-5-6-12-29/h3-4,9-10,14-16,20H,5-8,11-13,17H2,1-2H3,(H,27,31)(H,28,33). The largest absolute Gasteiger partial charge is 0.338 e. The van der Waals surface area contributed by atoms with Gasteiger partial charge in [-0.1, -0.05) is 29.3 Å². The number of carbonyl (C=O) groups excluding carboxylic acids is 3. The van der Waals surface area contributed by atoms with Crippen molar-refractivity contribution in [2.75, 3.05) is 36.8 Å². The average molecular weight is 449 g/mol. The van der Waals surface area contributed by atoms with Crippen molar-refractivity contribution in [1.82, 2.24) is 9.80 Å². The van der Waals surface area contributed by atoms with E-state index in [0.717, 1.165) is 49.9 Å². The van der Waals surface area contributed by atoms with E-state index in [1.807, 2.05) is 44.2 Å². The Hall–Kier alpha value is -3.35. The zero-order valence-electron chi connectivity index (χ0n) is 19.4. The molecule has 2 fully saturated rings. The molecule has 0 aromatic heterocycles. The van der Waals surface area contributed by atoms with Gasteiger partial charge in [0, 0.05) is 31.7 Å². The van der Waals surface area contributed by atoms with E-state index in [-0.39, 0.29) is 23.8 Å². The molecule has 7 heteroatoms. The molecule has 4 amide bonds. The monoisotopic (exact) mass is 448 g/mol. The van der Waals surface area contributed by atoms with E-state index in [0.29, 0.717) is 30.0 Å². The summed E-state index contributed by atoms with van der Waals surface area (Å²) in [7, 11) is 0. The van der Waals surface area contributed by atoms with E-state index in [9.17, 15) is 14.4 Å². The minimum absolute atomic E-state index is 0.0300. The lowest BCUT2D eigenvalue weighted by molar-refractivity contribution is -0.121. The number of amides is 4. The van der Waals surface area contributed by atoms with E-state index in [4.69, 9.17) is 0 Å². The second-order valence-electron chi connectivity index (χ2n) is 9.13. The van der Waals surface area contributed by atoms with E-state index >= 15 is 0 Å². The highest BCUT2D eigenvalue weighted by atomic mass is 16.2. The summed E-state index contributed by atoms with van der Waals surface area (Å²) in [6, 6.07) is 13.0. The number of nitrogens with zero attached hydrogens (tertiary/aromatic N) is 2. The van der Waals surface area contributed by atoms with Crippen molar-refractivity contribution >= 4 is 29.2 Å². The van der Waals surface area contributed by atoms with Crippen LogP contribution in [-0.4, -0.2) is 53.8 Å². The number of nitrogens with one attached hydrogen (secondary N) is 2. The maximum atomic E-state index is 13.1. The lowest BCUT2D eigenvalue weighted by Gasteiger charge is -2.32. The number of likely N-dealkylation sites (tertiary alicyclic amines) is 2. The van der Waals surface area contributed by atoms with Crippen LogP contribution in [0.5, 0.6) is 0 Å². The van der Waals surface area contributed by atoms with E-state index in [2.05, 4.69) is 10.6 Å². The minimum atomic E-state index is -0.295. The Balaban J connectivity index is 1.41. The predicted molar refractivity (Wildman–Crippen MR) is 129 cm³/mol. The first-order chi connectivity index (χ1) is 15.9. The van der Waals surface area contributed by atoms with Crippen LogP contribution in [0, 0.1) is 19.8 Å². The van der Waals surface area contributed by atoms with E-state index in [1.165, 1.54) is 0 Å². The third kappa shape index (κ3) is 5.53. The predicted octanol–water partition coefficient (Wildman–Crippen LogP) is 4.42. The number of hydrogen-bond acceptors (Lipinski definition) is 3. The Morgan fingerprint density at radius 1 is 0.818 bits per heavy atom. The number of urea groups is 1. The molecule has 2 aromatic carbocycles. The smallest absolute Gasteiger partial charge is 0.321 e. The zero-order valence-corrected chi connectivity index (χ0v) is 19.4. The maximum absolute atomic E-state index is 13.1. The number of benzene rings is 2. The molecule has 0 bridgehead atoms. The normalized spacial score (nSPS) is 18.2. The molecule has 2 N–H and O–H groups in total. The van der Waals surface area contributed by atoms with Gasteiger partial charge < -0.3 is 20.4 Å². The van der Waals surface area contributed by atoms with Gasteiger partial charge in [-0.2, -0.15) is 0 Å². The van der Waals surface area contributed by atoms with E-state index < -0.39 is 0 Å². The third-order valence-electron chi connectivity index (χ3n) is 6.37. The molecule has 0 spiro atoms. The first-order valence-corrected chi connectivity index (χ1v) is 11.7. The number of rotatable bonds is 4. The molecule has 2 aromatic rings. The molecule has 0 radical (unpaired) electrons. The number of carbonyl (C=O) groups is 3. The summed E-state index contributed by atoms with van der Waals surface area (Å²) in [5.41, 5.74) is 3.94. The summed E-state index contributed by atoms with van der Waals surface area (Å²) in [4.78, 5) is 42.3. The van der Waals surface area contributed by atoms with Gasteiger partial charge in [-0.05, 0) is 63.8 Å². The Morgan fingerprint density at radius 2 is 1.42 bits per heavy atom. The number of para-hydroxylation sites is 2. The average Bonchev–Trinajstić information content (AvgIpc) is 3.34.